The molecular weight excluding hydrogens is 190 g/mol. The molecule has 0 aliphatic rings. The van der Waals surface area contributed by atoms with Gasteiger partial charge in [0.2, 0.25) is 0 Å². The van der Waals surface area contributed by atoms with Gasteiger partial charge in [0.15, 0.2) is 5.82 Å². The second-order valence-corrected chi connectivity index (χ2v) is 2.63. The molecule has 2 aromatic heterocycles. The van der Waals surface area contributed by atoms with E-state index in [1.807, 2.05) is 0 Å². The fourth-order valence-electron chi connectivity index (χ4n) is 0.877. The summed E-state index contributed by atoms with van der Waals surface area (Å²) in [5.74, 6) is 0.997. The summed E-state index contributed by atoms with van der Waals surface area (Å²) in [6, 6.07) is 3.59. The van der Waals surface area contributed by atoms with Crippen LogP contribution in [0.4, 0.5) is 0 Å². The second kappa shape index (κ2) is 3.49. The predicted octanol–water partition coefficient (Wildman–Crippen LogP) is 0.796. The first-order valence-corrected chi connectivity index (χ1v) is 4.19. The van der Waals surface area contributed by atoms with Gasteiger partial charge in [0.1, 0.15) is 0 Å². The van der Waals surface area contributed by atoms with Gasteiger partial charge in [-0.3, -0.25) is 0 Å². The summed E-state index contributed by atoms with van der Waals surface area (Å²) < 4.78 is 1.53. The van der Waals surface area contributed by atoms with Crippen molar-refractivity contribution in [2.45, 2.75) is 5.88 Å². The Hall–Kier alpha value is -1.49. The molecule has 0 spiro atoms. The SMILES string of the molecule is ClCc1ccc(-n2ccnn2)nn1. The standard InChI is InChI=1S/C7H6ClN5/c8-5-6-1-2-7(11-10-6)13-4-3-9-12-13/h1-4H,5H2. The molecule has 0 aromatic carbocycles. The lowest BCUT2D eigenvalue weighted by atomic mass is 10.4. The van der Waals surface area contributed by atoms with E-state index < -0.39 is 0 Å². The Balaban J connectivity index is 2.33. The average molecular weight is 196 g/mol. The van der Waals surface area contributed by atoms with Gasteiger partial charge in [0.05, 0.1) is 24.0 Å². The van der Waals surface area contributed by atoms with Crippen LogP contribution in [0.2, 0.25) is 0 Å². The van der Waals surface area contributed by atoms with Crippen LogP contribution in [0.3, 0.4) is 0 Å². The Morgan fingerprint density at radius 2 is 2.23 bits per heavy atom. The minimum Gasteiger partial charge on any atom is -0.201 e. The Bertz CT molecular complexity index is 368. The van der Waals surface area contributed by atoms with E-state index in [4.69, 9.17) is 11.6 Å². The van der Waals surface area contributed by atoms with E-state index in [2.05, 4.69) is 20.5 Å². The van der Waals surface area contributed by atoms with Crippen molar-refractivity contribution >= 4 is 11.6 Å². The smallest absolute Gasteiger partial charge is 0.177 e. The van der Waals surface area contributed by atoms with E-state index in [9.17, 15) is 0 Å². The third-order valence-corrected chi connectivity index (χ3v) is 1.77. The van der Waals surface area contributed by atoms with Crippen molar-refractivity contribution in [3.63, 3.8) is 0 Å². The van der Waals surface area contributed by atoms with Crippen LogP contribution in [0, 0.1) is 0 Å². The molecule has 2 heterocycles. The topological polar surface area (TPSA) is 56.5 Å². The summed E-state index contributed by atoms with van der Waals surface area (Å²) in [4.78, 5) is 0. The lowest BCUT2D eigenvalue weighted by Crippen LogP contribution is -2.01. The molecule has 0 N–H and O–H groups in total. The van der Waals surface area contributed by atoms with Crippen LogP contribution in [0.5, 0.6) is 0 Å². The molecule has 13 heavy (non-hydrogen) atoms. The van der Waals surface area contributed by atoms with Crippen LogP contribution < -0.4 is 0 Å². The molecule has 0 unspecified atom stereocenters. The summed E-state index contributed by atoms with van der Waals surface area (Å²) in [5.41, 5.74) is 0.741. The van der Waals surface area contributed by atoms with Gasteiger partial charge in [0.25, 0.3) is 0 Å². The summed E-state index contributed by atoms with van der Waals surface area (Å²) in [6.45, 7) is 0. The monoisotopic (exact) mass is 195 g/mol. The quantitative estimate of drug-likeness (QED) is 0.665. The molecule has 0 saturated heterocycles. The van der Waals surface area contributed by atoms with Crippen molar-refractivity contribution in [3.8, 4) is 5.82 Å². The Morgan fingerprint density at radius 3 is 2.77 bits per heavy atom. The normalized spacial score (nSPS) is 10.2. The zero-order valence-corrected chi connectivity index (χ0v) is 7.39. The maximum atomic E-state index is 5.57. The summed E-state index contributed by atoms with van der Waals surface area (Å²) >= 11 is 5.57. The number of rotatable bonds is 2. The zero-order valence-electron chi connectivity index (χ0n) is 6.63. The molecule has 5 nitrogen and oxygen atoms in total. The van der Waals surface area contributed by atoms with Crippen LogP contribution in [-0.2, 0) is 5.88 Å². The van der Waals surface area contributed by atoms with Crippen LogP contribution in [0.1, 0.15) is 5.69 Å². The predicted molar refractivity (Wildman–Crippen MR) is 46.5 cm³/mol. The van der Waals surface area contributed by atoms with Crippen LogP contribution in [-0.4, -0.2) is 25.2 Å². The molecule has 2 rings (SSSR count). The highest BCUT2D eigenvalue weighted by atomic mass is 35.5. The van der Waals surface area contributed by atoms with Gasteiger partial charge in [-0.2, -0.15) is 5.10 Å². The summed E-state index contributed by atoms with van der Waals surface area (Å²) in [7, 11) is 0. The fourth-order valence-corrected chi connectivity index (χ4v) is 1.02. The third kappa shape index (κ3) is 1.65. The third-order valence-electron chi connectivity index (χ3n) is 1.50. The number of alkyl halides is 1. The van der Waals surface area contributed by atoms with Gasteiger partial charge in [-0.15, -0.1) is 21.8 Å². The summed E-state index contributed by atoms with van der Waals surface area (Å²) in [5, 5.41) is 15.2. The Kier molecular flexibility index (Phi) is 2.18. The molecule has 0 bridgehead atoms. The minimum atomic E-state index is 0.366. The van der Waals surface area contributed by atoms with Crippen molar-refractivity contribution in [1.82, 2.24) is 25.2 Å². The van der Waals surface area contributed by atoms with Gasteiger partial charge in [-0.1, -0.05) is 5.21 Å². The lowest BCUT2D eigenvalue weighted by Gasteiger charge is -1.97. The van der Waals surface area contributed by atoms with Gasteiger partial charge in [-0.25, -0.2) is 4.68 Å². The largest absolute Gasteiger partial charge is 0.201 e. The Labute approximate surface area is 79.4 Å². The number of hydrogen-bond acceptors (Lipinski definition) is 4. The first kappa shape index (κ1) is 8.12. The highest BCUT2D eigenvalue weighted by Gasteiger charge is 1.98. The molecular formula is C7H6ClN5. The van der Waals surface area contributed by atoms with Gasteiger partial charge in [-0.05, 0) is 12.1 Å². The van der Waals surface area contributed by atoms with Gasteiger partial charge in [0, 0.05) is 0 Å². The molecule has 0 radical (unpaired) electrons. The molecule has 0 aliphatic carbocycles. The lowest BCUT2D eigenvalue weighted by molar-refractivity contribution is 0.757. The van der Waals surface area contributed by atoms with Gasteiger partial charge < -0.3 is 0 Å². The maximum Gasteiger partial charge on any atom is 0.177 e. The van der Waals surface area contributed by atoms with Crippen LogP contribution in [0.15, 0.2) is 24.5 Å². The van der Waals surface area contributed by atoms with Gasteiger partial charge >= 0.3 is 0 Å². The molecule has 0 fully saturated rings. The average Bonchev–Trinajstić information content (AvgIpc) is 2.71. The van der Waals surface area contributed by atoms with Crippen molar-refractivity contribution in [1.29, 1.82) is 0 Å². The minimum absolute atomic E-state index is 0.366. The van der Waals surface area contributed by atoms with Crippen molar-refractivity contribution < 1.29 is 0 Å². The maximum absolute atomic E-state index is 5.57. The highest BCUT2D eigenvalue weighted by molar-refractivity contribution is 6.16. The van der Waals surface area contributed by atoms with E-state index in [-0.39, 0.29) is 0 Å². The molecule has 2 aromatic rings. The van der Waals surface area contributed by atoms with E-state index in [0.717, 1.165) is 5.69 Å². The number of halogens is 1. The van der Waals surface area contributed by atoms with Crippen LogP contribution in [0.25, 0.3) is 5.82 Å². The van der Waals surface area contributed by atoms with Crippen LogP contribution >= 0.6 is 11.6 Å². The Morgan fingerprint density at radius 1 is 1.31 bits per heavy atom. The molecule has 0 aliphatic heterocycles. The highest BCUT2D eigenvalue weighted by Crippen LogP contribution is 2.02. The number of aromatic nitrogens is 5. The van der Waals surface area contributed by atoms with E-state index in [0.29, 0.717) is 11.7 Å². The van der Waals surface area contributed by atoms with Crippen molar-refractivity contribution in [2.24, 2.45) is 0 Å². The second-order valence-electron chi connectivity index (χ2n) is 2.36. The molecule has 66 valence electrons. The van der Waals surface area contributed by atoms with E-state index in [1.165, 1.54) is 4.68 Å². The van der Waals surface area contributed by atoms with Crippen molar-refractivity contribution in [2.75, 3.05) is 0 Å². The van der Waals surface area contributed by atoms with E-state index in [1.54, 1.807) is 24.5 Å². The zero-order chi connectivity index (χ0) is 9.10. The summed E-state index contributed by atoms with van der Waals surface area (Å²) in [6.07, 6.45) is 3.28. The fraction of sp³-hybridized carbons (Fsp3) is 0.143. The van der Waals surface area contributed by atoms with E-state index >= 15 is 0 Å². The molecule has 0 saturated carbocycles. The number of hydrogen-bond donors (Lipinski definition) is 0. The molecule has 0 amide bonds. The first-order valence-electron chi connectivity index (χ1n) is 3.65. The molecule has 0 atom stereocenters. The van der Waals surface area contributed by atoms with Crippen molar-refractivity contribution in [3.05, 3.63) is 30.2 Å². The molecule has 6 heteroatoms. The number of nitrogens with zero attached hydrogens (tertiary/aromatic N) is 5. The first-order chi connectivity index (χ1) is 6.40.